The molecule has 2 rings (SSSR count). The molecule has 0 saturated heterocycles. The van der Waals surface area contributed by atoms with E-state index in [2.05, 4.69) is 34.3 Å². The van der Waals surface area contributed by atoms with Crippen LogP contribution in [0.3, 0.4) is 0 Å². The first-order chi connectivity index (χ1) is 10.0. The molecule has 0 aliphatic carbocycles. The molecule has 0 unspecified atom stereocenters. The molecule has 0 saturated carbocycles. The average molecular weight is 288 g/mol. The molecule has 1 heterocycles. The van der Waals surface area contributed by atoms with E-state index < -0.39 is 0 Å². The number of nitrogens with one attached hydrogen (secondary N) is 2. The first kappa shape index (κ1) is 15.2. The van der Waals surface area contributed by atoms with Gasteiger partial charge in [-0.05, 0) is 27.0 Å². The van der Waals surface area contributed by atoms with Crippen LogP contribution in [0.1, 0.15) is 24.3 Å². The lowest BCUT2D eigenvalue weighted by Gasteiger charge is -2.20. The van der Waals surface area contributed by atoms with Crippen molar-refractivity contribution >= 4 is 16.7 Å². The maximum absolute atomic E-state index is 12.2. The van der Waals surface area contributed by atoms with Crippen molar-refractivity contribution in [2.75, 3.05) is 20.1 Å². The number of hydrogen-bond donors (Lipinski definition) is 2. The molecule has 112 valence electrons. The second kappa shape index (κ2) is 6.49. The second-order valence-electron chi connectivity index (χ2n) is 5.28. The standard InChI is InChI=1S/C15H20N4O2/c1-10(2)19(3)9-8-16-15(21)13-11-6-4-5-7-12(11)14(20)18-17-13/h4-7,10H,8-9H2,1-3H3,(H,16,21)(H,18,20). The normalized spacial score (nSPS) is 11.3. The largest absolute Gasteiger partial charge is 0.349 e. The van der Waals surface area contributed by atoms with Crippen LogP contribution in [0.15, 0.2) is 29.1 Å². The van der Waals surface area contributed by atoms with Crippen molar-refractivity contribution in [2.24, 2.45) is 0 Å². The summed E-state index contributed by atoms with van der Waals surface area (Å²) in [6.45, 7) is 5.48. The van der Waals surface area contributed by atoms with Gasteiger partial charge in [0.05, 0.1) is 5.39 Å². The Labute approximate surface area is 123 Å². The quantitative estimate of drug-likeness (QED) is 0.860. The van der Waals surface area contributed by atoms with E-state index in [1.165, 1.54) is 0 Å². The number of carbonyl (C=O) groups is 1. The lowest BCUT2D eigenvalue weighted by Crippen LogP contribution is -2.36. The van der Waals surface area contributed by atoms with Crippen molar-refractivity contribution < 1.29 is 4.79 Å². The maximum Gasteiger partial charge on any atom is 0.272 e. The van der Waals surface area contributed by atoms with Gasteiger partial charge in [-0.3, -0.25) is 9.59 Å². The van der Waals surface area contributed by atoms with Crippen molar-refractivity contribution in [3.05, 3.63) is 40.3 Å². The molecule has 1 aromatic carbocycles. The summed E-state index contributed by atoms with van der Waals surface area (Å²) >= 11 is 0. The monoisotopic (exact) mass is 288 g/mol. The van der Waals surface area contributed by atoms with Gasteiger partial charge >= 0.3 is 0 Å². The summed E-state index contributed by atoms with van der Waals surface area (Å²) in [4.78, 5) is 26.0. The van der Waals surface area contributed by atoms with Gasteiger partial charge in [0, 0.05) is 24.5 Å². The summed E-state index contributed by atoms with van der Waals surface area (Å²) in [6, 6.07) is 7.38. The number of hydrogen-bond acceptors (Lipinski definition) is 4. The minimum Gasteiger partial charge on any atom is -0.349 e. The Bertz CT molecular complexity index is 693. The Morgan fingerprint density at radius 2 is 2.00 bits per heavy atom. The van der Waals surface area contributed by atoms with Crippen LogP contribution < -0.4 is 10.9 Å². The molecule has 0 radical (unpaired) electrons. The molecular weight excluding hydrogens is 268 g/mol. The molecule has 6 nitrogen and oxygen atoms in total. The van der Waals surface area contributed by atoms with Crippen molar-refractivity contribution in [3.63, 3.8) is 0 Å². The van der Waals surface area contributed by atoms with Crippen LogP contribution in [-0.4, -0.2) is 47.2 Å². The number of H-pyrrole nitrogens is 1. The summed E-state index contributed by atoms with van der Waals surface area (Å²) in [5.74, 6) is -0.278. The van der Waals surface area contributed by atoms with Gasteiger partial charge in [0.2, 0.25) is 0 Å². The van der Waals surface area contributed by atoms with Crippen LogP contribution >= 0.6 is 0 Å². The SMILES string of the molecule is CC(C)N(C)CCNC(=O)c1n[nH]c(=O)c2ccccc12. The zero-order valence-electron chi connectivity index (χ0n) is 12.5. The van der Waals surface area contributed by atoms with E-state index in [4.69, 9.17) is 0 Å². The van der Waals surface area contributed by atoms with E-state index in [0.29, 0.717) is 23.4 Å². The number of amides is 1. The highest BCUT2D eigenvalue weighted by atomic mass is 16.2. The molecule has 0 atom stereocenters. The third kappa shape index (κ3) is 3.46. The molecule has 0 aliphatic heterocycles. The van der Waals surface area contributed by atoms with Crippen molar-refractivity contribution in [1.29, 1.82) is 0 Å². The minimum absolute atomic E-state index is 0.248. The minimum atomic E-state index is -0.290. The summed E-state index contributed by atoms with van der Waals surface area (Å²) in [6.07, 6.45) is 0. The third-order valence-corrected chi connectivity index (χ3v) is 3.54. The number of rotatable bonds is 5. The van der Waals surface area contributed by atoms with E-state index in [9.17, 15) is 9.59 Å². The molecule has 1 aromatic heterocycles. The van der Waals surface area contributed by atoms with Gasteiger partial charge in [-0.15, -0.1) is 0 Å². The number of aromatic nitrogens is 2. The van der Waals surface area contributed by atoms with Gasteiger partial charge < -0.3 is 10.2 Å². The fourth-order valence-corrected chi connectivity index (χ4v) is 1.98. The molecule has 6 heteroatoms. The van der Waals surface area contributed by atoms with E-state index >= 15 is 0 Å². The van der Waals surface area contributed by atoms with Gasteiger partial charge in [0.25, 0.3) is 11.5 Å². The van der Waals surface area contributed by atoms with Crippen molar-refractivity contribution in [2.45, 2.75) is 19.9 Å². The summed E-state index contributed by atoms with van der Waals surface area (Å²) in [5.41, 5.74) is -0.0425. The lowest BCUT2D eigenvalue weighted by atomic mass is 10.1. The number of fused-ring (bicyclic) bond motifs is 1. The average Bonchev–Trinajstić information content (AvgIpc) is 2.47. The fraction of sp³-hybridized carbons (Fsp3) is 0.400. The number of benzene rings is 1. The first-order valence-corrected chi connectivity index (χ1v) is 6.96. The number of aromatic amines is 1. The number of likely N-dealkylation sites (N-methyl/N-ethyl adjacent to an activating group) is 1. The highest BCUT2D eigenvalue weighted by molar-refractivity contribution is 6.04. The predicted molar refractivity (Wildman–Crippen MR) is 82.5 cm³/mol. The molecule has 2 N–H and O–H groups in total. The summed E-state index contributed by atoms with van der Waals surface area (Å²) < 4.78 is 0. The van der Waals surface area contributed by atoms with E-state index in [0.717, 1.165) is 6.54 Å². The first-order valence-electron chi connectivity index (χ1n) is 6.96. The van der Waals surface area contributed by atoms with E-state index in [-0.39, 0.29) is 17.2 Å². The summed E-state index contributed by atoms with van der Waals surface area (Å²) in [7, 11) is 2.00. The topological polar surface area (TPSA) is 78.1 Å². The summed E-state index contributed by atoms with van der Waals surface area (Å²) in [5, 5.41) is 10.1. The molecule has 1 amide bonds. The fourth-order valence-electron chi connectivity index (χ4n) is 1.98. The highest BCUT2D eigenvalue weighted by Gasteiger charge is 2.13. The Morgan fingerprint density at radius 3 is 2.67 bits per heavy atom. The lowest BCUT2D eigenvalue weighted by molar-refractivity contribution is 0.0944. The van der Waals surface area contributed by atoms with E-state index in [1.54, 1.807) is 24.3 Å². The predicted octanol–water partition coefficient (Wildman–Crippen LogP) is 0.993. The second-order valence-corrected chi connectivity index (χ2v) is 5.28. The molecular formula is C15H20N4O2. The van der Waals surface area contributed by atoms with Crippen LogP contribution in [0.2, 0.25) is 0 Å². The van der Waals surface area contributed by atoms with Gasteiger partial charge in [0.1, 0.15) is 0 Å². The molecule has 0 aliphatic rings. The smallest absolute Gasteiger partial charge is 0.272 e. The molecule has 21 heavy (non-hydrogen) atoms. The van der Waals surface area contributed by atoms with Crippen LogP contribution in [0, 0.1) is 0 Å². The van der Waals surface area contributed by atoms with Crippen LogP contribution in [-0.2, 0) is 0 Å². The Balaban J connectivity index is 2.14. The molecule has 0 bridgehead atoms. The molecule has 2 aromatic rings. The van der Waals surface area contributed by atoms with Gasteiger partial charge in [-0.1, -0.05) is 18.2 Å². The molecule has 0 fully saturated rings. The molecule has 0 spiro atoms. The Morgan fingerprint density at radius 1 is 1.33 bits per heavy atom. The van der Waals surface area contributed by atoms with Gasteiger partial charge in [-0.2, -0.15) is 5.10 Å². The number of nitrogens with zero attached hydrogens (tertiary/aromatic N) is 2. The Kier molecular flexibility index (Phi) is 4.70. The van der Waals surface area contributed by atoms with Crippen molar-refractivity contribution in [1.82, 2.24) is 20.4 Å². The van der Waals surface area contributed by atoms with E-state index in [1.807, 2.05) is 7.05 Å². The Hall–Kier alpha value is -2.21. The number of carbonyl (C=O) groups excluding carboxylic acids is 1. The van der Waals surface area contributed by atoms with Gasteiger partial charge in [-0.25, -0.2) is 5.10 Å². The van der Waals surface area contributed by atoms with Gasteiger partial charge in [0.15, 0.2) is 5.69 Å². The van der Waals surface area contributed by atoms with Crippen LogP contribution in [0.5, 0.6) is 0 Å². The van der Waals surface area contributed by atoms with Crippen LogP contribution in [0.4, 0.5) is 0 Å². The zero-order valence-corrected chi connectivity index (χ0v) is 12.5. The zero-order chi connectivity index (χ0) is 15.4. The maximum atomic E-state index is 12.2. The van der Waals surface area contributed by atoms with Crippen LogP contribution in [0.25, 0.3) is 10.8 Å². The van der Waals surface area contributed by atoms with Crippen molar-refractivity contribution in [3.8, 4) is 0 Å². The highest BCUT2D eigenvalue weighted by Crippen LogP contribution is 2.11. The third-order valence-electron chi connectivity index (χ3n) is 3.54.